The summed E-state index contributed by atoms with van der Waals surface area (Å²) in [6.45, 7) is 5.17. The second kappa shape index (κ2) is 11.1. The topological polar surface area (TPSA) is 128 Å². The summed E-state index contributed by atoms with van der Waals surface area (Å²) in [5, 5.41) is 16.6. The molecule has 5 heterocycles. The number of nitrogens with one attached hydrogen (secondary N) is 2. The van der Waals surface area contributed by atoms with Gasteiger partial charge in [0, 0.05) is 37.3 Å². The first kappa shape index (κ1) is 25.5. The van der Waals surface area contributed by atoms with E-state index < -0.39 is 0 Å². The van der Waals surface area contributed by atoms with Crippen LogP contribution in [0.25, 0.3) is 10.9 Å². The second-order valence-corrected chi connectivity index (χ2v) is 10.6. The van der Waals surface area contributed by atoms with Gasteiger partial charge in [-0.15, -0.1) is 0 Å². The van der Waals surface area contributed by atoms with Gasteiger partial charge in [0.2, 0.25) is 5.91 Å². The van der Waals surface area contributed by atoms with Crippen LogP contribution in [0.15, 0.2) is 36.8 Å². The van der Waals surface area contributed by atoms with E-state index in [-0.39, 0.29) is 24.6 Å². The number of anilines is 3. The number of carbonyl (C=O) groups is 2. The molecule has 1 atom stereocenters. The Morgan fingerprint density at radius 3 is 2.82 bits per heavy atom. The van der Waals surface area contributed by atoms with Crippen molar-refractivity contribution in [3.05, 3.63) is 47.2 Å². The van der Waals surface area contributed by atoms with E-state index in [0.29, 0.717) is 42.1 Å². The van der Waals surface area contributed by atoms with Crippen molar-refractivity contribution in [3.8, 4) is 0 Å². The lowest BCUT2D eigenvalue weighted by atomic mass is 10.1. The van der Waals surface area contributed by atoms with Crippen LogP contribution in [-0.2, 0) is 20.8 Å². The first-order valence-electron chi connectivity index (χ1n) is 13.1. The van der Waals surface area contributed by atoms with Crippen molar-refractivity contribution < 1.29 is 19.1 Å². The highest BCUT2D eigenvalue weighted by Gasteiger charge is 2.22. The van der Waals surface area contributed by atoms with Crippen LogP contribution in [0.4, 0.5) is 16.6 Å². The maximum atomic E-state index is 13.2. The number of ether oxygens (including phenoxy) is 2. The van der Waals surface area contributed by atoms with Crippen LogP contribution < -0.4 is 10.6 Å². The van der Waals surface area contributed by atoms with Gasteiger partial charge in [-0.3, -0.25) is 14.3 Å². The summed E-state index contributed by atoms with van der Waals surface area (Å²) >= 11 is 1.23. The molecule has 6 rings (SSSR count). The van der Waals surface area contributed by atoms with Crippen molar-refractivity contribution in [2.75, 3.05) is 43.5 Å². The molecule has 1 unspecified atom stereocenters. The van der Waals surface area contributed by atoms with Gasteiger partial charge in [0.05, 0.1) is 36.8 Å². The van der Waals surface area contributed by atoms with E-state index in [1.807, 2.05) is 23.7 Å². The van der Waals surface area contributed by atoms with Gasteiger partial charge in [0.15, 0.2) is 17.2 Å². The van der Waals surface area contributed by atoms with Crippen LogP contribution in [0.2, 0.25) is 0 Å². The number of rotatable bonds is 7. The molecule has 1 aromatic carbocycles. The number of carbonyl (C=O) groups excluding carboxylic acids is 2. The zero-order valence-electron chi connectivity index (χ0n) is 21.6. The lowest BCUT2D eigenvalue weighted by Crippen LogP contribution is -2.42. The Bertz CT molecular complexity index is 1480. The lowest BCUT2D eigenvalue weighted by Gasteiger charge is -2.26. The second-order valence-electron chi connectivity index (χ2n) is 9.60. The van der Waals surface area contributed by atoms with E-state index in [0.717, 1.165) is 48.0 Å². The van der Waals surface area contributed by atoms with Crippen molar-refractivity contribution in [1.82, 2.24) is 29.4 Å². The first-order chi connectivity index (χ1) is 19.0. The molecule has 0 aliphatic carbocycles. The molecule has 0 saturated carbocycles. The van der Waals surface area contributed by atoms with Crippen LogP contribution in [0.5, 0.6) is 0 Å². The lowest BCUT2D eigenvalue weighted by molar-refractivity contribution is -0.136. The maximum absolute atomic E-state index is 13.2. The minimum absolute atomic E-state index is 0.00304. The molecule has 2 N–H and O–H groups in total. The highest BCUT2D eigenvalue weighted by atomic mass is 32.1. The van der Waals surface area contributed by atoms with Gasteiger partial charge in [-0.2, -0.15) is 10.2 Å². The number of aryl methyl sites for hydroxylation is 1. The number of thiazole rings is 1. The minimum atomic E-state index is -0.251. The fraction of sp³-hybridized carbons (Fsp3) is 0.423. The number of aromatic nitrogens is 5. The summed E-state index contributed by atoms with van der Waals surface area (Å²) in [6, 6.07) is 5.78. The molecule has 39 heavy (non-hydrogen) atoms. The predicted octanol–water partition coefficient (Wildman–Crippen LogP) is 3.55. The van der Waals surface area contributed by atoms with Gasteiger partial charge in [-0.05, 0) is 37.8 Å². The average molecular weight is 551 g/mol. The summed E-state index contributed by atoms with van der Waals surface area (Å²) in [7, 11) is 0. The highest BCUT2D eigenvalue weighted by molar-refractivity contribution is 7.17. The van der Waals surface area contributed by atoms with Crippen LogP contribution >= 0.6 is 11.3 Å². The molecule has 12 nitrogen and oxygen atoms in total. The van der Waals surface area contributed by atoms with Crippen LogP contribution in [-0.4, -0.2) is 74.2 Å². The van der Waals surface area contributed by atoms with Crippen molar-refractivity contribution >= 4 is 50.7 Å². The first-order valence-corrected chi connectivity index (χ1v) is 13.9. The van der Waals surface area contributed by atoms with Crippen molar-refractivity contribution in [2.45, 2.75) is 39.0 Å². The summed E-state index contributed by atoms with van der Waals surface area (Å²) in [5.41, 5.74) is 2.60. The van der Waals surface area contributed by atoms with E-state index >= 15 is 0 Å². The van der Waals surface area contributed by atoms with Gasteiger partial charge in [-0.1, -0.05) is 17.4 Å². The fourth-order valence-electron chi connectivity index (χ4n) is 4.83. The van der Waals surface area contributed by atoms with Crippen molar-refractivity contribution in [3.63, 3.8) is 0 Å². The summed E-state index contributed by atoms with van der Waals surface area (Å²) in [4.78, 5) is 32.2. The molecule has 2 saturated heterocycles. The van der Waals surface area contributed by atoms with Gasteiger partial charge in [0.25, 0.3) is 5.91 Å². The molecule has 2 aliphatic heterocycles. The Morgan fingerprint density at radius 2 is 2.00 bits per heavy atom. The number of benzene rings is 1. The molecule has 0 radical (unpaired) electrons. The molecule has 204 valence electrons. The quantitative estimate of drug-likeness (QED) is 0.358. The Kier molecular flexibility index (Phi) is 7.26. The number of hydrogen-bond acceptors (Lipinski definition) is 9. The van der Waals surface area contributed by atoms with E-state index in [2.05, 4.69) is 25.8 Å². The SMILES string of the molecule is Cc1ccc2c(cnn2C2CCCCO2)c1NC(=O)c1cnc(Nc2ccn(CC(=O)N3CCOCC3)n2)s1. The normalized spacial score (nSPS) is 17.9. The Morgan fingerprint density at radius 1 is 1.13 bits per heavy atom. The van der Waals surface area contributed by atoms with Crippen molar-refractivity contribution in [2.24, 2.45) is 0 Å². The standard InChI is InChI=1S/C26H30N8O4S/c1-17-5-6-19-18(14-28-34(19)23-4-2-3-11-38-23)24(17)30-25(36)20-15-27-26(39-20)29-21-7-8-33(31-21)16-22(35)32-9-12-37-13-10-32/h5-8,14-15,23H,2-4,9-13,16H2,1H3,(H,30,36)(H,27,29,31). The minimum Gasteiger partial charge on any atom is -0.378 e. The molecule has 2 amide bonds. The zero-order chi connectivity index (χ0) is 26.8. The number of morpholine rings is 1. The summed E-state index contributed by atoms with van der Waals surface area (Å²) < 4.78 is 14.7. The Labute approximate surface area is 228 Å². The van der Waals surface area contributed by atoms with Gasteiger partial charge in [-0.25, -0.2) is 9.67 Å². The van der Waals surface area contributed by atoms with Crippen LogP contribution in [0.3, 0.4) is 0 Å². The molecular formula is C26H30N8O4S. The van der Waals surface area contributed by atoms with Gasteiger partial charge in [0.1, 0.15) is 11.4 Å². The van der Waals surface area contributed by atoms with E-state index in [9.17, 15) is 9.59 Å². The molecule has 2 fully saturated rings. The average Bonchev–Trinajstić information content (AvgIpc) is 3.72. The number of hydrogen-bond donors (Lipinski definition) is 2. The molecule has 4 aromatic rings. The van der Waals surface area contributed by atoms with Gasteiger partial charge < -0.3 is 25.0 Å². The highest BCUT2D eigenvalue weighted by Crippen LogP contribution is 2.32. The zero-order valence-corrected chi connectivity index (χ0v) is 22.4. The smallest absolute Gasteiger partial charge is 0.267 e. The predicted molar refractivity (Wildman–Crippen MR) is 146 cm³/mol. The molecule has 3 aromatic heterocycles. The summed E-state index contributed by atoms with van der Waals surface area (Å²) in [6.07, 6.45) is 8.08. The third-order valence-electron chi connectivity index (χ3n) is 6.92. The number of fused-ring (bicyclic) bond motifs is 1. The van der Waals surface area contributed by atoms with Gasteiger partial charge >= 0.3 is 0 Å². The van der Waals surface area contributed by atoms with E-state index in [1.165, 1.54) is 17.5 Å². The maximum Gasteiger partial charge on any atom is 0.267 e. The number of amides is 2. The molecule has 2 aliphatic rings. The molecule has 0 bridgehead atoms. The van der Waals surface area contributed by atoms with Crippen LogP contribution in [0, 0.1) is 6.92 Å². The Balaban J connectivity index is 1.11. The largest absolute Gasteiger partial charge is 0.378 e. The molecule has 0 spiro atoms. The Hall–Kier alpha value is -3.81. The third kappa shape index (κ3) is 5.51. The van der Waals surface area contributed by atoms with E-state index in [1.54, 1.807) is 28.0 Å². The van der Waals surface area contributed by atoms with E-state index in [4.69, 9.17) is 9.47 Å². The molecular weight excluding hydrogens is 520 g/mol. The number of nitrogens with zero attached hydrogens (tertiary/aromatic N) is 6. The monoisotopic (exact) mass is 550 g/mol. The third-order valence-corrected chi connectivity index (χ3v) is 7.83. The summed E-state index contributed by atoms with van der Waals surface area (Å²) in [5.74, 6) is 0.298. The molecule has 13 heteroatoms. The van der Waals surface area contributed by atoms with Crippen molar-refractivity contribution in [1.29, 1.82) is 0 Å². The van der Waals surface area contributed by atoms with Crippen LogP contribution in [0.1, 0.15) is 40.7 Å². The fourth-order valence-corrected chi connectivity index (χ4v) is 5.55.